The van der Waals surface area contributed by atoms with Gasteiger partial charge < -0.3 is 4.74 Å². The standard InChI is InChI=1S/C17H17NO3/c1-16-8-9-17(2,21-16)13-12(16)14(19)18(15(13)20)10-11-6-4-3-5-7-11/h3-9,12-13H,10H2,1-2H3. The third-order valence-corrected chi connectivity index (χ3v) is 5.00. The molecule has 3 heterocycles. The molecule has 0 saturated carbocycles. The minimum absolute atomic E-state index is 0.107. The second kappa shape index (κ2) is 3.83. The second-order valence-corrected chi connectivity index (χ2v) is 6.51. The molecule has 0 spiro atoms. The summed E-state index contributed by atoms with van der Waals surface area (Å²) in [4.78, 5) is 26.9. The number of carbonyl (C=O) groups excluding carboxylic acids is 2. The summed E-state index contributed by atoms with van der Waals surface area (Å²) in [5.41, 5.74) is -0.314. The normalized spacial score (nSPS) is 40.2. The molecule has 3 aliphatic heterocycles. The number of likely N-dealkylation sites (tertiary alicyclic amines) is 1. The van der Waals surface area contributed by atoms with Crippen LogP contribution in [0.1, 0.15) is 19.4 Å². The zero-order chi connectivity index (χ0) is 14.8. The van der Waals surface area contributed by atoms with Crippen LogP contribution in [0.15, 0.2) is 42.5 Å². The number of ether oxygens (including phenoxy) is 1. The molecule has 0 N–H and O–H groups in total. The number of nitrogens with zero attached hydrogens (tertiary/aromatic N) is 1. The Morgan fingerprint density at radius 2 is 1.52 bits per heavy atom. The van der Waals surface area contributed by atoms with Gasteiger partial charge in [0.05, 0.1) is 29.6 Å². The average Bonchev–Trinajstić information content (AvgIpc) is 2.99. The van der Waals surface area contributed by atoms with Crippen molar-refractivity contribution in [3.63, 3.8) is 0 Å². The SMILES string of the molecule is CC12C=CC(C)(O1)C1C(=O)N(Cc3ccccc3)C(=O)C12. The molecule has 4 heteroatoms. The van der Waals surface area contributed by atoms with Crippen LogP contribution in [0.4, 0.5) is 0 Å². The van der Waals surface area contributed by atoms with Gasteiger partial charge in [-0.2, -0.15) is 0 Å². The van der Waals surface area contributed by atoms with Crippen LogP contribution in [-0.2, 0) is 20.9 Å². The van der Waals surface area contributed by atoms with E-state index in [2.05, 4.69) is 0 Å². The molecule has 2 fully saturated rings. The predicted molar refractivity (Wildman–Crippen MR) is 76.0 cm³/mol. The maximum atomic E-state index is 12.7. The van der Waals surface area contributed by atoms with Gasteiger partial charge in [0.15, 0.2) is 0 Å². The Morgan fingerprint density at radius 1 is 1.00 bits per heavy atom. The van der Waals surface area contributed by atoms with Crippen LogP contribution in [0, 0.1) is 11.8 Å². The lowest BCUT2D eigenvalue weighted by Crippen LogP contribution is -2.39. The number of hydrogen-bond donors (Lipinski definition) is 0. The van der Waals surface area contributed by atoms with Crippen LogP contribution in [0.2, 0.25) is 0 Å². The number of benzene rings is 1. The smallest absolute Gasteiger partial charge is 0.236 e. The Kier molecular flexibility index (Phi) is 2.33. The highest BCUT2D eigenvalue weighted by Crippen LogP contribution is 2.57. The lowest BCUT2D eigenvalue weighted by atomic mass is 9.73. The van der Waals surface area contributed by atoms with Crippen molar-refractivity contribution in [1.82, 2.24) is 4.90 Å². The van der Waals surface area contributed by atoms with Gasteiger partial charge in [-0.15, -0.1) is 0 Å². The summed E-state index contributed by atoms with van der Waals surface area (Å²) in [6.07, 6.45) is 3.87. The van der Waals surface area contributed by atoms with Gasteiger partial charge in [-0.1, -0.05) is 42.5 Å². The molecule has 0 aromatic heterocycles. The van der Waals surface area contributed by atoms with E-state index in [0.29, 0.717) is 6.54 Å². The Bertz CT molecular complexity index is 632. The van der Waals surface area contributed by atoms with Crippen molar-refractivity contribution in [2.45, 2.75) is 31.6 Å². The van der Waals surface area contributed by atoms with E-state index in [9.17, 15) is 9.59 Å². The van der Waals surface area contributed by atoms with E-state index in [1.165, 1.54) is 4.90 Å². The molecule has 1 aromatic carbocycles. The molecule has 108 valence electrons. The second-order valence-electron chi connectivity index (χ2n) is 6.51. The highest BCUT2D eigenvalue weighted by atomic mass is 16.5. The van der Waals surface area contributed by atoms with Crippen LogP contribution in [0.3, 0.4) is 0 Å². The first-order chi connectivity index (χ1) is 9.95. The first-order valence-electron chi connectivity index (χ1n) is 7.24. The maximum absolute atomic E-state index is 12.7. The number of rotatable bonds is 2. The van der Waals surface area contributed by atoms with Crippen LogP contribution < -0.4 is 0 Å². The van der Waals surface area contributed by atoms with E-state index in [4.69, 9.17) is 4.74 Å². The Hall–Kier alpha value is -1.94. The zero-order valence-electron chi connectivity index (χ0n) is 12.1. The van der Waals surface area contributed by atoms with E-state index >= 15 is 0 Å². The summed E-state index contributed by atoms with van der Waals surface area (Å²) in [7, 11) is 0. The van der Waals surface area contributed by atoms with Gasteiger partial charge in [-0.25, -0.2) is 0 Å². The fraction of sp³-hybridized carbons (Fsp3) is 0.412. The van der Waals surface area contributed by atoms with Crippen molar-refractivity contribution in [2.75, 3.05) is 0 Å². The fourth-order valence-corrected chi connectivity index (χ4v) is 4.01. The van der Waals surface area contributed by atoms with Crippen molar-refractivity contribution >= 4 is 11.8 Å². The minimum Gasteiger partial charge on any atom is -0.359 e. The summed E-state index contributed by atoms with van der Waals surface area (Å²) in [5.74, 6) is -0.985. The highest BCUT2D eigenvalue weighted by molar-refractivity contribution is 6.07. The molecule has 4 nitrogen and oxygen atoms in total. The number of imide groups is 1. The maximum Gasteiger partial charge on any atom is 0.236 e. The Labute approximate surface area is 123 Å². The number of amides is 2. The largest absolute Gasteiger partial charge is 0.359 e. The van der Waals surface area contributed by atoms with Gasteiger partial charge in [0.2, 0.25) is 11.8 Å². The molecule has 2 amide bonds. The fourth-order valence-electron chi connectivity index (χ4n) is 4.01. The summed E-state index contributed by atoms with van der Waals surface area (Å²) in [6, 6.07) is 9.62. The summed E-state index contributed by atoms with van der Waals surface area (Å²) in [6.45, 7) is 4.14. The van der Waals surface area contributed by atoms with Crippen LogP contribution in [0.5, 0.6) is 0 Å². The monoisotopic (exact) mass is 283 g/mol. The molecule has 4 unspecified atom stereocenters. The number of hydrogen-bond acceptors (Lipinski definition) is 3. The summed E-state index contributed by atoms with van der Waals surface area (Å²) >= 11 is 0. The molecule has 3 aliphatic rings. The molecular formula is C17H17NO3. The summed E-state index contributed by atoms with van der Waals surface area (Å²) < 4.78 is 5.97. The lowest BCUT2D eigenvalue weighted by Gasteiger charge is -2.25. The molecule has 4 atom stereocenters. The molecule has 2 saturated heterocycles. The first-order valence-corrected chi connectivity index (χ1v) is 7.24. The van der Waals surface area contributed by atoms with E-state index in [-0.39, 0.29) is 23.7 Å². The molecule has 0 radical (unpaired) electrons. The van der Waals surface area contributed by atoms with Crippen LogP contribution in [-0.4, -0.2) is 27.9 Å². The first kappa shape index (κ1) is 12.8. The molecule has 4 rings (SSSR count). The molecule has 0 aliphatic carbocycles. The molecular weight excluding hydrogens is 266 g/mol. The van der Waals surface area contributed by atoms with Crippen molar-refractivity contribution in [1.29, 1.82) is 0 Å². The van der Waals surface area contributed by atoms with Crippen molar-refractivity contribution < 1.29 is 14.3 Å². The minimum atomic E-state index is -0.641. The van der Waals surface area contributed by atoms with Crippen molar-refractivity contribution in [3.8, 4) is 0 Å². The predicted octanol–water partition coefficient (Wildman–Crippen LogP) is 1.91. The van der Waals surface area contributed by atoms with Crippen molar-refractivity contribution in [3.05, 3.63) is 48.0 Å². The average molecular weight is 283 g/mol. The third kappa shape index (κ3) is 1.54. The van der Waals surface area contributed by atoms with Gasteiger partial charge in [0.25, 0.3) is 0 Å². The van der Waals surface area contributed by atoms with E-state index in [0.717, 1.165) is 5.56 Å². The Morgan fingerprint density at radius 3 is 2.05 bits per heavy atom. The Balaban J connectivity index is 1.69. The van der Waals surface area contributed by atoms with Crippen LogP contribution in [0.25, 0.3) is 0 Å². The van der Waals surface area contributed by atoms with Gasteiger partial charge in [0, 0.05) is 0 Å². The number of fused-ring (bicyclic) bond motifs is 5. The third-order valence-electron chi connectivity index (χ3n) is 5.00. The van der Waals surface area contributed by atoms with Gasteiger partial charge in [0.1, 0.15) is 0 Å². The van der Waals surface area contributed by atoms with E-state index < -0.39 is 11.2 Å². The highest BCUT2D eigenvalue weighted by Gasteiger charge is 2.70. The topological polar surface area (TPSA) is 46.6 Å². The van der Waals surface area contributed by atoms with Crippen molar-refractivity contribution in [2.24, 2.45) is 11.8 Å². The molecule has 21 heavy (non-hydrogen) atoms. The lowest BCUT2D eigenvalue weighted by molar-refractivity contribution is -0.146. The van der Waals surface area contributed by atoms with E-state index in [1.807, 2.05) is 56.3 Å². The van der Waals surface area contributed by atoms with Crippen LogP contribution >= 0.6 is 0 Å². The quantitative estimate of drug-likeness (QED) is 0.615. The zero-order valence-corrected chi connectivity index (χ0v) is 12.1. The van der Waals surface area contributed by atoms with Gasteiger partial charge in [-0.3, -0.25) is 14.5 Å². The number of carbonyl (C=O) groups is 2. The van der Waals surface area contributed by atoms with E-state index in [1.54, 1.807) is 0 Å². The van der Waals surface area contributed by atoms with Gasteiger partial charge in [-0.05, 0) is 19.4 Å². The van der Waals surface area contributed by atoms with Gasteiger partial charge >= 0.3 is 0 Å². The molecule has 1 aromatic rings. The summed E-state index contributed by atoms with van der Waals surface area (Å²) in [5, 5.41) is 0. The molecule has 2 bridgehead atoms.